The van der Waals surface area contributed by atoms with E-state index in [2.05, 4.69) is 0 Å². The third-order valence-corrected chi connectivity index (χ3v) is 2.59. The predicted octanol–water partition coefficient (Wildman–Crippen LogP) is 2.69. The molecular weight excluding hydrogens is 207 g/mol. The van der Waals surface area contributed by atoms with Crippen molar-refractivity contribution in [2.45, 2.75) is 18.9 Å². The molecule has 0 saturated heterocycles. The highest BCUT2D eigenvalue weighted by Crippen LogP contribution is 2.38. The van der Waals surface area contributed by atoms with Gasteiger partial charge in [0, 0.05) is 0 Å². The van der Waals surface area contributed by atoms with Crippen molar-refractivity contribution in [3.05, 3.63) is 28.5 Å². The molecular formula is C10H10ClFO2. The van der Waals surface area contributed by atoms with Crippen LogP contribution >= 0.6 is 11.6 Å². The summed E-state index contributed by atoms with van der Waals surface area (Å²) >= 11 is 5.85. The molecule has 1 aliphatic rings. The third kappa shape index (κ3) is 1.57. The van der Waals surface area contributed by atoms with Gasteiger partial charge in [0.05, 0.1) is 23.3 Å². The Kier molecular flexibility index (Phi) is 2.61. The first-order valence-corrected chi connectivity index (χ1v) is 4.86. The Labute approximate surface area is 86.3 Å². The summed E-state index contributed by atoms with van der Waals surface area (Å²) in [6.07, 6.45) is 0.391. The number of halogens is 2. The molecule has 1 aromatic rings. The van der Waals surface area contributed by atoms with Crippen LogP contribution in [0.15, 0.2) is 12.1 Å². The molecule has 1 atom stereocenters. The SMILES string of the molecule is O[C@@H]1CCCOc2c(Cl)ccc(F)c21. The standard InChI is InChI=1S/C10H10ClFO2/c11-6-3-4-7(12)9-8(13)2-1-5-14-10(6)9/h3-4,8,13H,1-2,5H2/t8-/m1/s1. The number of ether oxygens (including phenoxy) is 1. The first kappa shape index (κ1) is 9.74. The van der Waals surface area contributed by atoms with Crippen molar-refractivity contribution in [1.82, 2.24) is 0 Å². The fourth-order valence-corrected chi connectivity index (χ4v) is 1.82. The Morgan fingerprint density at radius 3 is 3.07 bits per heavy atom. The Balaban J connectivity index is 2.57. The number of aliphatic hydroxyl groups excluding tert-OH is 1. The first-order valence-electron chi connectivity index (χ1n) is 4.49. The highest BCUT2D eigenvalue weighted by Gasteiger charge is 2.23. The van der Waals surface area contributed by atoms with Crippen LogP contribution in [0.4, 0.5) is 4.39 Å². The van der Waals surface area contributed by atoms with E-state index in [9.17, 15) is 9.50 Å². The predicted molar refractivity (Wildman–Crippen MR) is 51.1 cm³/mol. The van der Waals surface area contributed by atoms with E-state index in [1.165, 1.54) is 12.1 Å². The molecule has 0 fully saturated rings. The minimum Gasteiger partial charge on any atom is -0.492 e. The summed E-state index contributed by atoms with van der Waals surface area (Å²) in [4.78, 5) is 0. The number of fused-ring (bicyclic) bond motifs is 1. The molecule has 14 heavy (non-hydrogen) atoms. The summed E-state index contributed by atoms with van der Waals surface area (Å²) in [5, 5.41) is 10.0. The van der Waals surface area contributed by atoms with Crippen LogP contribution in [0.1, 0.15) is 24.5 Å². The third-order valence-electron chi connectivity index (χ3n) is 2.30. The topological polar surface area (TPSA) is 29.5 Å². The zero-order chi connectivity index (χ0) is 10.1. The molecule has 1 aliphatic heterocycles. The normalized spacial score (nSPS) is 20.9. The second kappa shape index (κ2) is 3.75. The number of aliphatic hydroxyl groups is 1. The quantitative estimate of drug-likeness (QED) is 0.723. The van der Waals surface area contributed by atoms with Crippen molar-refractivity contribution in [3.63, 3.8) is 0 Å². The summed E-state index contributed by atoms with van der Waals surface area (Å²) in [5.41, 5.74) is 0.190. The molecule has 1 aromatic carbocycles. The molecule has 0 spiro atoms. The monoisotopic (exact) mass is 216 g/mol. The fraction of sp³-hybridized carbons (Fsp3) is 0.400. The summed E-state index contributed by atoms with van der Waals surface area (Å²) in [5.74, 6) is -0.171. The molecule has 2 nitrogen and oxygen atoms in total. The highest BCUT2D eigenvalue weighted by molar-refractivity contribution is 6.32. The minimum atomic E-state index is -0.814. The van der Waals surface area contributed by atoms with Crippen LogP contribution in [0.3, 0.4) is 0 Å². The fourth-order valence-electron chi connectivity index (χ4n) is 1.60. The molecule has 2 rings (SSSR count). The van der Waals surface area contributed by atoms with Crippen molar-refractivity contribution >= 4 is 11.6 Å². The van der Waals surface area contributed by atoms with E-state index in [-0.39, 0.29) is 11.3 Å². The van der Waals surface area contributed by atoms with Crippen LogP contribution in [0.5, 0.6) is 5.75 Å². The number of hydrogen-bond acceptors (Lipinski definition) is 2. The van der Waals surface area contributed by atoms with Gasteiger partial charge in [0.2, 0.25) is 0 Å². The van der Waals surface area contributed by atoms with Crippen LogP contribution in [-0.4, -0.2) is 11.7 Å². The van der Waals surface area contributed by atoms with E-state index in [0.29, 0.717) is 24.5 Å². The molecule has 1 N–H and O–H groups in total. The van der Waals surface area contributed by atoms with Crippen LogP contribution in [0, 0.1) is 5.82 Å². The van der Waals surface area contributed by atoms with Gasteiger partial charge >= 0.3 is 0 Å². The number of hydrogen-bond donors (Lipinski definition) is 1. The number of benzene rings is 1. The van der Waals surface area contributed by atoms with Crippen LogP contribution in [0.25, 0.3) is 0 Å². The molecule has 0 radical (unpaired) electrons. The van der Waals surface area contributed by atoms with Crippen LogP contribution in [0.2, 0.25) is 5.02 Å². The maximum Gasteiger partial charge on any atom is 0.146 e. The summed E-state index contributed by atoms with van der Waals surface area (Å²) in [6, 6.07) is 2.69. The largest absolute Gasteiger partial charge is 0.492 e. The minimum absolute atomic E-state index is 0.190. The molecule has 0 saturated carbocycles. The van der Waals surface area contributed by atoms with E-state index >= 15 is 0 Å². The van der Waals surface area contributed by atoms with Gasteiger partial charge in [-0.1, -0.05) is 11.6 Å². The molecule has 0 amide bonds. The van der Waals surface area contributed by atoms with Crippen molar-refractivity contribution in [2.24, 2.45) is 0 Å². The zero-order valence-corrected chi connectivity index (χ0v) is 8.22. The molecule has 0 unspecified atom stereocenters. The van der Waals surface area contributed by atoms with Crippen molar-refractivity contribution in [3.8, 4) is 5.75 Å². The summed E-state index contributed by atoms with van der Waals surface area (Å²) in [7, 11) is 0. The first-order chi connectivity index (χ1) is 6.70. The van der Waals surface area contributed by atoms with Gasteiger partial charge in [-0.2, -0.15) is 0 Å². The van der Waals surface area contributed by atoms with Crippen LogP contribution < -0.4 is 4.74 Å². The second-order valence-corrected chi connectivity index (χ2v) is 3.69. The summed E-state index contributed by atoms with van der Waals surface area (Å²) < 4.78 is 18.7. The molecule has 0 bridgehead atoms. The van der Waals surface area contributed by atoms with E-state index in [0.717, 1.165) is 0 Å². The van der Waals surface area contributed by atoms with Gasteiger partial charge in [0.25, 0.3) is 0 Å². The average molecular weight is 217 g/mol. The maximum atomic E-state index is 13.4. The Bertz CT molecular complexity index is 354. The average Bonchev–Trinajstić information content (AvgIpc) is 2.35. The van der Waals surface area contributed by atoms with Gasteiger partial charge < -0.3 is 9.84 Å². The Morgan fingerprint density at radius 1 is 1.50 bits per heavy atom. The van der Waals surface area contributed by atoms with E-state index in [1.807, 2.05) is 0 Å². The Hall–Kier alpha value is -0.800. The second-order valence-electron chi connectivity index (χ2n) is 3.28. The van der Waals surface area contributed by atoms with Gasteiger partial charge in [-0.05, 0) is 25.0 Å². The lowest BCUT2D eigenvalue weighted by atomic mass is 10.0. The maximum absolute atomic E-state index is 13.4. The summed E-state index contributed by atoms with van der Waals surface area (Å²) in [6.45, 7) is 0.466. The molecule has 1 heterocycles. The van der Waals surface area contributed by atoms with E-state index in [1.54, 1.807) is 0 Å². The van der Waals surface area contributed by atoms with Gasteiger partial charge in [-0.25, -0.2) is 4.39 Å². The van der Waals surface area contributed by atoms with Gasteiger partial charge in [-0.15, -0.1) is 0 Å². The highest BCUT2D eigenvalue weighted by atomic mass is 35.5. The lowest BCUT2D eigenvalue weighted by Crippen LogP contribution is -2.00. The van der Waals surface area contributed by atoms with Crippen molar-refractivity contribution in [2.75, 3.05) is 6.61 Å². The zero-order valence-electron chi connectivity index (χ0n) is 7.46. The van der Waals surface area contributed by atoms with Gasteiger partial charge in [-0.3, -0.25) is 0 Å². The lowest BCUT2D eigenvalue weighted by Gasteiger charge is -2.12. The molecule has 4 heteroatoms. The van der Waals surface area contributed by atoms with Gasteiger partial charge in [0.15, 0.2) is 0 Å². The van der Waals surface area contributed by atoms with E-state index in [4.69, 9.17) is 16.3 Å². The lowest BCUT2D eigenvalue weighted by molar-refractivity contribution is 0.163. The van der Waals surface area contributed by atoms with E-state index < -0.39 is 11.9 Å². The Morgan fingerprint density at radius 2 is 2.29 bits per heavy atom. The molecule has 76 valence electrons. The van der Waals surface area contributed by atoms with Crippen molar-refractivity contribution < 1.29 is 14.2 Å². The number of rotatable bonds is 0. The smallest absolute Gasteiger partial charge is 0.146 e. The van der Waals surface area contributed by atoms with Crippen molar-refractivity contribution in [1.29, 1.82) is 0 Å². The molecule has 0 aromatic heterocycles. The molecule has 0 aliphatic carbocycles. The van der Waals surface area contributed by atoms with Gasteiger partial charge in [0.1, 0.15) is 11.6 Å². The van der Waals surface area contributed by atoms with Crippen LogP contribution in [-0.2, 0) is 0 Å².